The summed E-state index contributed by atoms with van der Waals surface area (Å²) in [6.07, 6.45) is -8.34. The molecule has 4 nitrogen and oxygen atoms in total. The molecule has 2 aromatic rings. The summed E-state index contributed by atoms with van der Waals surface area (Å²) < 4.78 is 79.4. The van der Waals surface area contributed by atoms with Crippen molar-refractivity contribution in [1.29, 1.82) is 0 Å². The lowest BCUT2D eigenvalue weighted by molar-refractivity contribution is -0.143. The molecule has 11 heteroatoms. The second-order valence-corrected chi connectivity index (χ2v) is 7.56. The number of aliphatic hydroxyl groups excluding tert-OH is 1. The summed E-state index contributed by atoms with van der Waals surface area (Å²) in [5.74, 6) is -0.573. The van der Waals surface area contributed by atoms with Crippen molar-refractivity contribution >= 4 is 28.5 Å². The third-order valence-electron chi connectivity index (χ3n) is 4.47. The Labute approximate surface area is 188 Å². The minimum atomic E-state index is -4.98. The van der Waals surface area contributed by atoms with Crippen LogP contribution in [-0.4, -0.2) is 34.0 Å². The Morgan fingerprint density at radius 3 is 2.16 bits per heavy atom. The predicted molar refractivity (Wildman–Crippen MR) is 110 cm³/mol. The monoisotopic (exact) mass is 560 g/mol. The van der Waals surface area contributed by atoms with E-state index in [4.69, 9.17) is 5.11 Å². The largest absolute Gasteiger partial charge is 0.416 e. The van der Waals surface area contributed by atoms with Gasteiger partial charge in [-0.2, -0.15) is 26.3 Å². The van der Waals surface area contributed by atoms with Gasteiger partial charge in [0.2, 0.25) is 0 Å². The third-order valence-corrected chi connectivity index (χ3v) is 5.20. The highest BCUT2D eigenvalue weighted by atomic mass is 127. The minimum Gasteiger partial charge on any atom is -0.396 e. The van der Waals surface area contributed by atoms with Crippen LogP contribution in [0.5, 0.6) is 0 Å². The van der Waals surface area contributed by atoms with Gasteiger partial charge in [0.05, 0.1) is 22.4 Å². The highest BCUT2D eigenvalue weighted by molar-refractivity contribution is 14.1. The van der Waals surface area contributed by atoms with Gasteiger partial charge in [-0.05, 0) is 48.7 Å². The van der Waals surface area contributed by atoms with Crippen LogP contribution in [0.2, 0.25) is 0 Å². The fraction of sp³-hybridized carbons (Fsp3) is 0.400. The Morgan fingerprint density at radius 1 is 1.10 bits per heavy atom. The molecule has 0 aliphatic rings. The first-order valence-corrected chi connectivity index (χ1v) is 10.6. The Morgan fingerprint density at radius 2 is 1.68 bits per heavy atom. The van der Waals surface area contributed by atoms with Crippen molar-refractivity contribution in [3.63, 3.8) is 0 Å². The summed E-state index contributed by atoms with van der Waals surface area (Å²) >= 11 is 2.01. The molecule has 0 saturated heterocycles. The average molecular weight is 560 g/mol. The molecule has 0 aliphatic carbocycles. The first-order valence-electron chi connectivity index (χ1n) is 9.07. The van der Waals surface area contributed by atoms with Crippen molar-refractivity contribution < 1.29 is 36.2 Å². The second-order valence-electron chi connectivity index (χ2n) is 6.80. The summed E-state index contributed by atoms with van der Waals surface area (Å²) in [6, 6.07) is 2.84. The molecular weight excluding hydrogens is 541 g/mol. The lowest BCUT2D eigenvalue weighted by Crippen LogP contribution is -2.33. The number of rotatable bonds is 7. The molecule has 0 radical (unpaired) electrons. The number of carbonyl (C=O) groups excluding carboxylic acids is 1. The zero-order chi connectivity index (χ0) is 23.4. The Kier molecular flexibility index (Phi) is 8.31. The summed E-state index contributed by atoms with van der Waals surface area (Å²) in [7, 11) is 0. The van der Waals surface area contributed by atoms with Crippen LogP contribution in [0.15, 0.2) is 30.5 Å². The standard InChI is InChI=1S/C20H19F6IN2O2/c1-12-3-4-28-16(10-27)17(12)18(31)29(5-2-6-30)11-13-7-14(19(21,22)23)9-15(8-13)20(24,25)26/h3-4,7-9,30H,2,5-6,10-11H2,1H3. The Balaban J connectivity index is 2.51. The lowest BCUT2D eigenvalue weighted by atomic mass is 10.0. The number of halogens is 7. The average Bonchev–Trinajstić information content (AvgIpc) is 2.68. The van der Waals surface area contributed by atoms with E-state index < -0.39 is 35.9 Å². The van der Waals surface area contributed by atoms with Crippen molar-refractivity contribution in [3.05, 3.63) is 64.0 Å². The van der Waals surface area contributed by atoms with Crippen molar-refractivity contribution in [2.45, 2.75) is 36.7 Å². The van der Waals surface area contributed by atoms with E-state index in [2.05, 4.69) is 4.98 Å². The van der Waals surface area contributed by atoms with Crippen LogP contribution in [0, 0.1) is 6.92 Å². The van der Waals surface area contributed by atoms with Crippen molar-refractivity contribution in [3.8, 4) is 0 Å². The fourth-order valence-corrected chi connectivity index (χ4v) is 3.59. The van der Waals surface area contributed by atoms with E-state index in [1.807, 2.05) is 22.6 Å². The molecule has 0 atom stereocenters. The molecule has 0 fully saturated rings. The van der Waals surface area contributed by atoms with E-state index in [9.17, 15) is 31.1 Å². The maximum Gasteiger partial charge on any atom is 0.416 e. The van der Waals surface area contributed by atoms with E-state index in [1.54, 1.807) is 13.0 Å². The van der Waals surface area contributed by atoms with Crippen LogP contribution < -0.4 is 0 Å². The zero-order valence-corrected chi connectivity index (χ0v) is 18.5. The molecule has 1 amide bonds. The first kappa shape index (κ1) is 25.4. The van der Waals surface area contributed by atoms with E-state index in [0.717, 1.165) is 4.90 Å². The van der Waals surface area contributed by atoms with Gasteiger partial charge < -0.3 is 10.0 Å². The molecule has 0 spiro atoms. The molecule has 1 aromatic carbocycles. The van der Waals surface area contributed by atoms with Crippen LogP contribution in [0.3, 0.4) is 0 Å². The number of alkyl halides is 7. The van der Waals surface area contributed by atoms with E-state index in [-0.39, 0.29) is 36.8 Å². The number of carbonyl (C=O) groups is 1. The molecule has 0 aliphatic heterocycles. The lowest BCUT2D eigenvalue weighted by Gasteiger charge is -2.25. The number of aliphatic hydroxyl groups is 1. The normalized spacial score (nSPS) is 12.2. The maximum absolute atomic E-state index is 13.2. The number of aryl methyl sites for hydroxylation is 1. The van der Waals surface area contributed by atoms with Gasteiger partial charge >= 0.3 is 12.4 Å². The number of benzene rings is 1. The molecule has 1 aromatic heterocycles. The molecule has 1 N–H and O–H groups in total. The van der Waals surface area contributed by atoms with Gasteiger partial charge in [-0.15, -0.1) is 0 Å². The van der Waals surface area contributed by atoms with E-state index in [1.165, 1.54) is 6.20 Å². The van der Waals surface area contributed by atoms with Crippen LogP contribution >= 0.6 is 22.6 Å². The zero-order valence-electron chi connectivity index (χ0n) is 16.3. The molecule has 2 rings (SSSR count). The smallest absolute Gasteiger partial charge is 0.396 e. The van der Waals surface area contributed by atoms with Crippen molar-refractivity contribution in [2.75, 3.05) is 13.2 Å². The first-order chi connectivity index (χ1) is 14.4. The summed E-state index contributed by atoms with van der Waals surface area (Å²) in [6.45, 7) is 0.828. The van der Waals surface area contributed by atoms with Crippen molar-refractivity contribution in [1.82, 2.24) is 9.88 Å². The predicted octanol–water partition coefficient (Wildman–Crippen LogP) is 5.39. The minimum absolute atomic E-state index is 0.0445. The van der Waals surface area contributed by atoms with Gasteiger partial charge in [0.15, 0.2) is 0 Å². The van der Waals surface area contributed by atoms with Crippen LogP contribution in [0.4, 0.5) is 26.3 Å². The summed E-state index contributed by atoms with van der Waals surface area (Å²) in [4.78, 5) is 18.4. The topological polar surface area (TPSA) is 53.4 Å². The van der Waals surface area contributed by atoms with Gasteiger partial charge in [-0.25, -0.2) is 0 Å². The molecule has 0 bridgehead atoms. The molecule has 0 unspecified atom stereocenters. The van der Waals surface area contributed by atoms with Gasteiger partial charge in [0.1, 0.15) is 0 Å². The van der Waals surface area contributed by atoms with Gasteiger partial charge in [0.25, 0.3) is 5.91 Å². The summed E-state index contributed by atoms with van der Waals surface area (Å²) in [5, 5.41) is 9.14. The third kappa shape index (κ3) is 6.55. The van der Waals surface area contributed by atoms with Gasteiger partial charge in [-0.1, -0.05) is 22.6 Å². The van der Waals surface area contributed by atoms with Gasteiger partial charge in [0, 0.05) is 30.3 Å². The van der Waals surface area contributed by atoms with E-state index >= 15 is 0 Å². The number of amides is 1. The van der Waals surface area contributed by atoms with Crippen LogP contribution in [0.1, 0.15) is 44.7 Å². The van der Waals surface area contributed by atoms with Gasteiger partial charge in [-0.3, -0.25) is 9.78 Å². The number of aromatic nitrogens is 1. The summed E-state index contributed by atoms with van der Waals surface area (Å²) in [5.41, 5.74) is -1.92. The van der Waals surface area contributed by atoms with Crippen LogP contribution in [-0.2, 0) is 23.3 Å². The molecule has 31 heavy (non-hydrogen) atoms. The molecular formula is C20H19F6IN2O2. The highest BCUT2D eigenvalue weighted by Crippen LogP contribution is 2.36. The maximum atomic E-state index is 13.2. The van der Waals surface area contributed by atoms with Crippen LogP contribution in [0.25, 0.3) is 0 Å². The second kappa shape index (κ2) is 10.2. The van der Waals surface area contributed by atoms with Crippen molar-refractivity contribution in [2.24, 2.45) is 0 Å². The number of nitrogens with zero attached hydrogens (tertiary/aromatic N) is 2. The molecule has 1 heterocycles. The number of hydrogen-bond acceptors (Lipinski definition) is 3. The molecule has 0 saturated carbocycles. The fourth-order valence-electron chi connectivity index (χ4n) is 3.01. The number of pyridine rings is 1. The van der Waals surface area contributed by atoms with E-state index in [0.29, 0.717) is 27.8 Å². The highest BCUT2D eigenvalue weighted by Gasteiger charge is 2.37. The quantitative estimate of drug-likeness (QED) is 0.281. The number of hydrogen-bond donors (Lipinski definition) is 1. The molecule has 170 valence electrons. The Bertz CT molecular complexity index is 899. The SMILES string of the molecule is Cc1ccnc(CI)c1C(=O)N(CCCO)Cc1cc(C(F)(F)F)cc(C(F)(F)F)c1. The Hall–Kier alpha value is -1.89.